The van der Waals surface area contributed by atoms with Crippen molar-refractivity contribution in [2.24, 2.45) is 5.73 Å². The van der Waals surface area contributed by atoms with Crippen LogP contribution < -0.4 is 10.5 Å². The Hall–Kier alpha value is -1.85. The van der Waals surface area contributed by atoms with Crippen LogP contribution in [0.2, 0.25) is 0 Å². The molecule has 3 N–H and O–H groups in total. The second-order valence-electron chi connectivity index (χ2n) is 3.33. The summed E-state index contributed by atoms with van der Waals surface area (Å²) in [6.45, 7) is 0. The molecule has 0 saturated carbocycles. The van der Waals surface area contributed by atoms with Crippen LogP contribution in [0, 0.1) is 0 Å². The number of rotatable bonds is 5. The summed E-state index contributed by atoms with van der Waals surface area (Å²) in [4.78, 5) is 11.1. The maximum absolute atomic E-state index is 11.1. The summed E-state index contributed by atoms with van der Waals surface area (Å²) in [6, 6.07) is 6.96. The van der Waals surface area contributed by atoms with Crippen molar-refractivity contribution >= 4 is 12.0 Å². The van der Waals surface area contributed by atoms with Gasteiger partial charge in [-0.15, -0.1) is 0 Å². The normalized spacial score (nSPS) is 13.2. The van der Waals surface area contributed by atoms with Crippen molar-refractivity contribution in [1.29, 1.82) is 0 Å². The molecule has 0 aromatic heterocycles. The number of carbonyl (C=O) groups is 1. The summed E-state index contributed by atoms with van der Waals surface area (Å²) >= 11 is 0. The van der Waals surface area contributed by atoms with Gasteiger partial charge in [-0.05, 0) is 23.8 Å². The van der Waals surface area contributed by atoms with Crippen LogP contribution in [0.5, 0.6) is 5.75 Å². The first-order chi connectivity index (χ1) is 8.08. The van der Waals surface area contributed by atoms with Crippen molar-refractivity contribution in [2.75, 3.05) is 14.2 Å². The van der Waals surface area contributed by atoms with E-state index in [-0.39, 0.29) is 5.57 Å². The molecule has 0 radical (unpaired) electrons. The van der Waals surface area contributed by atoms with Gasteiger partial charge in [0.25, 0.3) is 0 Å². The van der Waals surface area contributed by atoms with Gasteiger partial charge in [0.1, 0.15) is 5.75 Å². The fraction of sp³-hybridized carbons (Fsp3) is 0.250. The molecule has 1 amide bonds. The molecule has 0 aliphatic carbocycles. The van der Waals surface area contributed by atoms with E-state index in [0.29, 0.717) is 5.75 Å². The Morgan fingerprint density at radius 3 is 2.35 bits per heavy atom. The molecule has 5 nitrogen and oxygen atoms in total. The summed E-state index contributed by atoms with van der Waals surface area (Å²) in [5.41, 5.74) is 5.86. The monoisotopic (exact) mass is 237 g/mol. The first kappa shape index (κ1) is 13.2. The van der Waals surface area contributed by atoms with Crippen LogP contribution >= 0.6 is 0 Å². The van der Waals surface area contributed by atoms with E-state index in [0.717, 1.165) is 5.56 Å². The zero-order chi connectivity index (χ0) is 12.8. The summed E-state index contributed by atoms with van der Waals surface area (Å²) in [5.74, 6) is -0.0229. The first-order valence-corrected chi connectivity index (χ1v) is 4.94. The molecule has 1 unspecified atom stereocenters. The van der Waals surface area contributed by atoms with E-state index in [1.165, 1.54) is 13.2 Å². The third-order valence-electron chi connectivity index (χ3n) is 2.21. The maximum Gasteiger partial charge on any atom is 0.249 e. The molecule has 0 heterocycles. The summed E-state index contributed by atoms with van der Waals surface area (Å²) in [7, 11) is 2.85. The Labute approximate surface area is 99.5 Å². The highest BCUT2D eigenvalue weighted by molar-refractivity contribution is 5.97. The fourth-order valence-electron chi connectivity index (χ4n) is 1.27. The molecule has 17 heavy (non-hydrogen) atoms. The van der Waals surface area contributed by atoms with E-state index in [4.69, 9.17) is 10.5 Å². The average Bonchev–Trinajstić information content (AvgIpc) is 2.35. The minimum absolute atomic E-state index is 0.00216. The van der Waals surface area contributed by atoms with Crippen LogP contribution in [0.25, 0.3) is 6.08 Å². The van der Waals surface area contributed by atoms with Crippen molar-refractivity contribution in [3.8, 4) is 5.75 Å². The number of nitrogens with two attached hydrogens (primary N) is 1. The Balaban J connectivity index is 3.00. The molecule has 0 spiro atoms. The third-order valence-corrected chi connectivity index (χ3v) is 2.21. The second-order valence-corrected chi connectivity index (χ2v) is 3.33. The van der Waals surface area contributed by atoms with Gasteiger partial charge in [-0.3, -0.25) is 4.79 Å². The van der Waals surface area contributed by atoms with Gasteiger partial charge in [0.2, 0.25) is 5.91 Å². The zero-order valence-electron chi connectivity index (χ0n) is 9.71. The second kappa shape index (κ2) is 6.03. The van der Waals surface area contributed by atoms with Crippen molar-refractivity contribution in [3.63, 3.8) is 0 Å². The zero-order valence-corrected chi connectivity index (χ0v) is 9.71. The van der Waals surface area contributed by atoms with Gasteiger partial charge in [-0.2, -0.15) is 0 Å². The lowest BCUT2D eigenvalue weighted by molar-refractivity contribution is -0.119. The van der Waals surface area contributed by atoms with Gasteiger partial charge in [0.15, 0.2) is 6.29 Å². The number of aliphatic hydroxyl groups excluding tert-OH is 1. The minimum atomic E-state index is -1.32. The number of hydrogen-bond acceptors (Lipinski definition) is 4. The Morgan fingerprint density at radius 1 is 1.35 bits per heavy atom. The van der Waals surface area contributed by atoms with Gasteiger partial charge in [-0.25, -0.2) is 0 Å². The number of ether oxygens (including phenoxy) is 2. The minimum Gasteiger partial charge on any atom is -0.497 e. The lowest BCUT2D eigenvalue weighted by Crippen LogP contribution is -2.25. The van der Waals surface area contributed by atoms with Gasteiger partial charge >= 0.3 is 0 Å². The van der Waals surface area contributed by atoms with E-state index in [1.807, 2.05) is 0 Å². The smallest absolute Gasteiger partial charge is 0.249 e. The van der Waals surface area contributed by atoms with Crippen LogP contribution in [0.4, 0.5) is 0 Å². The number of carbonyl (C=O) groups excluding carboxylic acids is 1. The SMILES string of the molecule is COc1ccc(/C=C(/C(N)=O)C(O)OC)cc1. The van der Waals surface area contributed by atoms with E-state index >= 15 is 0 Å². The van der Waals surface area contributed by atoms with Gasteiger partial charge in [0, 0.05) is 7.11 Å². The predicted molar refractivity (Wildman–Crippen MR) is 63.2 cm³/mol. The highest BCUT2D eigenvalue weighted by Crippen LogP contribution is 2.15. The van der Waals surface area contributed by atoms with E-state index < -0.39 is 12.2 Å². The van der Waals surface area contributed by atoms with Crippen molar-refractivity contribution in [2.45, 2.75) is 6.29 Å². The highest BCUT2D eigenvalue weighted by atomic mass is 16.6. The molecular weight excluding hydrogens is 222 g/mol. The third kappa shape index (κ3) is 3.58. The molecule has 1 rings (SSSR count). The van der Waals surface area contributed by atoms with E-state index in [2.05, 4.69) is 4.74 Å². The van der Waals surface area contributed by atoms with Crippen LogP contribution in [0.3, 0.4) is 0 Å². The molecule has 1 atom stereocenters. The van der Waals surface area contributed by atoms with Gasteiger partial charge in [0.05, 0.1) is 12.7 Å². The summed E-state index contributed by atoms with van der Waals surface area (Å²) in [5, 5.41) is 9.43. The Morgan fingerprint density at radius 2 is 1.94 bits per heavy atom. The molecule has 0 saturated heterocycles. The number of amides is 1. The first-order valence-electron chi connectivity index (χ1n) is 4.94. The molecule has 92 valence electrons. The lowest BCUT2D eigenvalue weighted by Gasteiger charge is -2.10. The molecule has 0 bridgehead atoms. The number of primary amides is 1. The quantitative estimate of drug-likeness (QED) is 0.578. The largest absolute Gasteiger partial charge is 0.497 e. The molecule has 0 aliphatic heterocycles. The number of hydrogen-bond donors (Lipinski definition) is 2. The Bertz CT molecular complexity index is 411. The molecule has 0 aliphatic rings. The summed E-state index contributed by atoms with van der Waals surface area (Å²) < 4.78 is 9.66. The number of benzene rings is 1. The van der Waals surface area contributed by atoms with Crippen molar-refractivity contribution in [3.05, 3.63) is 35.4 Å². The van der Waals surface area contributed by atoms with Crippen LogP contribution in [-0.2, 0) is 9.53 Å². The standard InChI is InChI=1S/C12H15NO4/c1-16-9-5-3-8(4-6-9)7-10(11(13)14)12(15)17-2/h3-7,12,15H,1-2H3,(H2,13,14)/b10-7-. The average molecular weight is 237 g/mol. The maximum atomic E-state index is 11.1. The van der Waals surface area contributed by atoms with Gasteiger partial charge < -0.3 is 20.3 Å². The van der Waals surface area contributed by atoms with Gasteiger partial charge in [-0.1, -0.05) is 12.1 Å². The van der Waals surface area contributed by atoms with Crippen LogP contribution in [-0.4, -0.2) is 31.5 Å². The molecule has 0 fully saturated rings. The molecule has 1 aromatic carbocycles. The lowest BCUT2D eigenvalue weighted by atomic mass is 10.1. The Kier molecular flexibility index (Phi) is 4.68. The summed E-state index contributed by atoms with van der Waals surface area (Å²) in [6.07, 6.45) is 0.144. The predicted octanol–water partition coefficient (Wildman–Crippen LogP) is 0.529. The molecule has 1 aromatic rings. The van der Waals surface area contributed by atoms with Crippen LogP contribution in [0.15, 0.2) is 29.8 Å². The molecular formula is C12H15NO4. The van der Waals surface area contributed by atoms with Crippen molar-refractivity contribution < 1.29 is 19.4 Å². The highest BCUT2D eigenvalue weighted by Gasteiger charge is 2.15. The fourth-order valence-corrected chi connectivity index (χ4v) is 1.27. The van der Waals surface area contributed by atoms with Crippen LogP contribution in [0.1, 0.15) is 5.56 Å². The number of aliphatic hydroxyl groups is 1. The number of methoxy groups -OCH3 is 2. The van der Waals surface area contributed by atoms with E-state index in [1.54, 1.807) is 31.4 Å². The van der Waals surface area contributed by atoms with E-state index in [9.17, 15) is 9.90 Å². The molecule has 5 heteroatoms. The topological polar surface area (TPSA) is 81.8 Å². The van der Waals surface area contributed by atoms with Crippen molar-refractivity contribution in [1.82, 2.24) is 0 Å².